The third-order valence-corrected chi connectivity index (χ3v) is 5.33. The van der Waals surface area contributed by atoms with E-state index in [9.17, 15) is 4.39 Å². The summed E-state index contributed by atoms with van der Waals surface area (Å²) >= 11 is 0. The van der Waals surface area contributed by atoms with Gasteiger partial charge in [0, 0.05) is 18.8 Å². The molecule has 110 valence electrons. The molecule has 0 amide bonds. The minimum absolute atomic E-state index is 0.364. The van der Waals surface area contributed by atoms with Gasteiger partial charge in [-0.25, -0.2) is 4.39 Å². The van der Waals surface area contributed by atoms with E-state index in [1.165, 1.54) is 44.5 Å². The van der Waals surface area contributed by atoms with Crippen molar-refractivity contribution in [3.8, 4) is 0 Å². The molecule has 0 bridgehead atoms. The Kier molecular flexibility index (Phi) is 3.97. The van der Waals surface area contributed by atoms with Gasteiger partial charge in [0.1, 0.15) is 6.67 Å². The summed E-state index contributed by atoms with van der Waals surface area (Å²) in [6.07, 6.45) is 5.34. The van der Waals surface area contributed by atoms with Gasteiger partial charge in [0.05, 0.1) is 0 Å². The Labute approximate surface area is 121 Å². The third-order valence-electron chi connectivity index (χ3n) is 5.33. The quantitative estimate of drug-likeness (QED) is 0.816. The highest BCUT2D eigenvalue weighted by Gasteiger charge is 2.36. The van der Waals surface area contributed by atoms with E-state index in [1.54, 1.807) is 0 Å². The molecule has 2 aliphatic heterocycles. The van der Waals surface area contributed by atoms with Gasteiger partial charge in [-0.15, -0.1) is 0 Å². The number of likely N-dealkylation sites (tertiary alicyclic amines) is 1. The molecular formula is C17H25FN2. The Morgan fingerprint density at radius 2 is 1.50 bits per heavy atom. The maximum atomic E-state index is 12.6. The molecule has 3 heteroatoms. The Balaban J connectivity index is 1.60. The van der Waals surface area contributed by atoms with E-state index in [1.807, 2.05) is 12.1 Å². The van der Waals surface area contributed by atoms with Crippen molar-refractivity contribution >= 4 is 5.69 Å². The van der Waals surface area contributed by atoms with Crippen LogP contribution in [0.15, 0.2) is 24.3 Å². The van der Waals surface area contributed by atoms with Crippen molar-refractivity contribution in [2.24, 2.45) is 5.41 Å². The predicted molar refractivity (Wildman–Crippen MR) is 81.9 cm³/mol. The first-order valence-corrected chi connectivity index (χ1v) is 7.79. The minimum atomic E-state index is -0.364. The van der Waals surface area contributed by atoms with Gasteiger partial charge >= 0.3 is 0 Å². The molecule has 20 heavy (non-hydrogen) atoms. The first kappa shape index (κ1) is 13.9. The van der Waals surface area contributed by atoms with E-state index >= 15 is 0 Å². The molecule has 3 rings (SSSR count). The van der Waals surface area contributed by atoms with Crippen LogP contribution in [0, 0.1) is 5.41 Å². The second-order valence-electron chi connectivity index (χ2n) is 6.59. The number of nitrogens with zero attached hydrogens (tertiary/aromatic N) is 2. The van der Waals surface area contributed by atoms with E-state index < -0.39 is 0 Å². The van der Waals surface area contributed by atoms with Crippen LogP contribution in [-0.2, 0) is 6.67 Å². The highest BCUT2D eigenvalue weighted by molar-refractivity contribution is 5.48. The number of hydrogen-bond donors (Lipinski definition) is 0. The lowest BCUT2D eigenvalue weighted by atomic mass is 9.71. The number of rotatable bonds is 2. The van der Waals surface area contributed by atoms with Crippen LogP contribution < -0.4 is 4.90 Å². The SMILES string of the molecule is CN1CCC2(CC1)CCN(c1ccc(CF)cc1)CC2. The average Bonchev–Trinajstić information content (AvgIpc) is 2.52. The van der Waals surface area contributed by atoms with Crippen LogP contribution in [0.25, 0.3) is 0 Å². The van der Waals surface area contributed by atoms with Crippen molar-refractivity contribution in [2.45, 2.75) is 32.4 Å². The maximum absolute atomic E-state index is 12.6. The predicted octanol–water partition coefficient (Wildman–Crippen LogP) is 3.47. The van der Waals surface area contributed by atoms with Gasteiger partial charge in [-0.05, 0) is 68.9 Å². The van der Waals surface area contributed by atoms with E-state index in [0.29, 0.717) is 5.41 Å². The van der Waals surface area contributed by atoms with E-state index in [0.717, 1.165) is 18.7 Å². The molecule has 2 heterocycles. The molecule has 1 aromatic carbocycles. The molecule has 0 saturated carbocycles. The Morgan fingerprint density at radius 1 is 0.950 bits per heavy atom. The summed E-state index contributed by atoms with van der Waals surface area (Å²) in [5, 5.41) is 0. The van der Waals surface area contributed by atoms with Crippen LogP contribution in [-0.4, -0.2) is 38.1 Å². The van der Waals surface area contributed by atoms with Gasteiger partial charge in [-0.3, -0.25) is 0 Å². The second-order valence-corrected chi connectivity index (χ2v) is 6.59. The molecule has 0 atom stereocenters. The Hall–Kier alpha value is -1.09. The van der Waals surface area contributed by atoms with E-state index in [4.69, 9.17) is 0 Å². The molecule has 1 spiro atoms. The van der Waals surface area contributed by atoms with Gasteiger partial charge in [-0.2, -0.15) is 0 Å². The molecule has 0 aromatic heterocycles. The highest BCUT2D eigenvalue weighted by Crippen LogP contribution is 2.41. The molecule has 0 radical (unpaired) electrons. The lowest BCUT2D eigenvalue weighted by molar-refractivity contribution is 0.0945. The summed E-state index contributed by atoms with van der Waals surface area (Å²) in [5.41, 5.74) is 2.63. The fraction of sp³-hybridized carbons (Fsp3) is 0.647. The molecule has 0 aliphatic carbocycles. The summed E-state index contributed by atoms with van der Waals surface area (Å²) in [7, 11) is 2.23. The van der Waals surface area contributed by atoms with Crippen LogP contribution >= 0.6 is 0 Å². The monoisotopic (exact) mass is 276 g/mol. The fourth-order valence-corrected chi connectivity index (χ4v) is 3.63. The molecule has 2 fully saturated rings. The number of alkyl halides is 1. The number of hydrogen-bond acceptors (Lipinski definition) is 2. The highest BCUT2D eigenvalue weighted by atomic mass is 19.1. The van der Waals surface area contributed by atoms with Crippen LogP contribution in [0.2, 0.25) is 0 Å². The summed E-state index contributed by atoms with van der Waals surface area (Å²) < 4.78 is 12.6. The average molecular weight is 276 g/mol. The van der Waals surface area contributed by atoms with Crippen LogP contribution in [0.3, 0.4) is 0 Å². The smallest absolute Gasteiger partial charge is 0.115 e. The summed E-state index contributed by atoms with van der Waals surface area (Å²) in [4.78, 5) is 4.92. The summed E-state index contributed by atoms with van der Waals surface area (Å²) in [5.74, 6) is 0. The number of anilines is 1. The molecule has 2 saturated heterocycles. The van der Waals surface area contributed by atoms with Crippen molar-refractivity contribution in [2.75, 3.05) is 38.1 Å². The molecule has 2 nitrogen and oxygen atoms in total. The number of benzene rings is 1. The zero-order valence-electron chi connectivity index (χ0n) is 12.4. The van der Waals surface area contributed by atoms with Crippen molar-refractivity contribution < 1.29 is 4.39 Å². The summed E-state index contributed by atoms with van der Waals surface area (Å²) in [6, 6.07) is 7.97. The molecule has 1 aromatic rings. The lowest BCUT2D eigenvalue weighted by Gasteiger charge is -2.46. The summed E-state index contributed by atoms with van der Waals surface area (Å²) in [6.45, 7) is 4.45. The normalized spacial score (nSPS) is 23.2. The third kappa shape index (κ3) is 2.83. The van der Waals surface area contributed by atoms with Crippen molar-refractivity contribution in [1.29, 1.82) is 0 Å². The topological polar surface area (TPSA) is 6.48 Å². The first-order chi connectivity index (χ1) is 9.71. The van der Waals surface area contributed by atoms with Crippen molar-refractivity contribution in [3.63, 3.8) is 0 Å². The standard InChI is InChI=1S/C17H25FN2/c1-19-10-6-17(7-11-19)8-12-20(13-9-17)16-4-2-15(14-18)3-5-16/h2-5H,6-14H2,1H3. The molecule has 0 N–H and O–H groups in total. The second kappa shape index (κ2) is 5.72. The van der Waals surface area contributed by atoms with Crippen LogP contribution in [0.5, 0.6) is 0 Å². The first-order valence-electron chi connectivity index (χ1n) is 7.79. The van der Waals surface area contributed by atoms with Gasteiger partial charge in [0.25, 0.3) is 0 Å². The Bertz CT molecular complexity index is 425. The zero-order valence-corrected chi connectivity index (χ0v) is 12.4. The largest absolute Gasteiger partial charge is 0.371 e. The number of piperidine rings is 2. The van der Waals surface area contributed by atoms with Gasteiger partial charge in [0.2, 0.25) is 0 Å². The minimum Gasteiger partial charge on any atom is -0.371 e. The maximum Gasteiger partial charge on any atom is 0.115 e. The van der Waals surface area contributed by atoms with E-state index in [-0.39, 0.29) is 6.67 Å². The van der Waals surface area contributed by atoms with Crippen LogP contribution in [0.1, 0.15) is 31.2 Å². The van der Waals surface area contributed by atoms with Gasteiger partial charge in [-0.1, -0.05) is 12.1 Å². The lowest BCUT2D eigenvalue weighted by Crippen LogP contribution is -2.46. The zero-order chi connectivity index (χ0) is 14.0. The van der Waals surface area contributed by atoms with Crippen LogP contribution in [0.4, 0.5) is 10.1 Å². The molecule has 2 aliphatic rings. The van der Waals surface area contributed by atoms with E-state index in [2.05, 4.69) is 29.0 Å². The molecular weight excluding hydrogens is 251 g/mol. The molecule has 0 unspecified atom stereocenters. The number of halogens is 1. The van der Waals surface area contributed by atoms with Crippen molar-refractivity contribution in [1.82, 2.24) is 4.90 Å². The Morgan fingerprint density at radius 3 is 2.05 bits per heavy atom. The van der Waals surface area contributed by atoms with Gasteiger partial charge in [0.15, 0.2) is 0 Å². The fourth-order valence-electron chi connectivity index (χ4n) is 3.63. The van der Waals surface area contributed by atoms with Crippen molar-refractivity contribution in [3.05, 3.63) is 29.8 Å². The van der Waals surface area contributed by atoms with Gasteiger partial charge < -0.3 is 9.80 Å².